The van der Waals surface area contributed by atoms with E-state index in [2.05, 4.69) is 15.3 Å². The summed E-state index contributed by atoms with van der Waals surface area (Å²) < 4.78 is 0. The van der Waals surface area contributed by atoms with Crippen LogP contribution >= 0.6 is 0 Å². The molecule has 2 aromatic carbocycles. The van der Waals surface area contributed by atoms with Crippen molar-refractivity contribution in [2.45, 2.75) is 13.8 Å². The maximum atomic E-state index is 12.7. The van der Waals surface area contributed by atoms with Gasteiger partial charge in [-0.1, -0.05) is 36.4 Å². The molecule has 5 heteroatoms. The lowest BCUT2D eigenvalue weighted by molar-refractivity contribution is 0.0983. The smallest absolute Gasteiger partial charge is 0.278 e. The molecule has 3 aromatic rings. The van der Waals surface area contributed by atoms with Crippen molar-refractivity contribution in [2.75, 3.05) is 16.8 Å². The van der Waals surface area contributed by atoms with Crippen molar-refractivity contribution in [3.63, 3.8) is 0 Å². The molecular weight excluding hydrogens is 312 g/mol. The summed E-state index contributed by atoms with van der Waals surface area (Å²) in [5.74, 6) is 0.442. The number of amides is 1. The van der Waals surface area contributed by atoms with E-state index in [1.54, 1.807) is 11.1 Å². The highest BCUT2D eigenvalue weighted by Gasteiger charge is 2.17. The number of rotatable bonds is 5. The molecule has 0 radical (unpaired) electrons. The fourth-order valence-electron chi connectivity index (χ4n) is 2.54. The predicted molar refractivity (Wildman–Crippen MR) is 100 cm³/mol. The first-order chi connectivity index (χ1) is 12.2. The second kappa shape index (κ2) is 7.57. The average Bonchev–Trinajstić information content (AvgIpc) is 2.66. The van der Waals surface area contributed by atoms with Crippen LogP contribution in [0.1, 0.15) is 23.0 Å². The third-order valence-electron chi connectivity index (χ3n) is 3.91. The Kier molecular flexibility index (Phi) is 5.04. The van der Waals surface area contributed by atoms with E-state index < -0.39 is 0 Å². The normalized spacial score (nSPS) is 10.3. The van der Waals surface area contributed by atoms with Gasteiger partial charge < -0.3 is 10.2 Å². The van der Waals surface area contributed by atoms with Crippen LogP contribution < -0.4 is 10.2 Å². The van der Waals surface area contributed by atoms with Gasteiger partial charge in [0.05, 0.1) is 12.4 Å². The number of aromatic nitrogens is 2. The van der Waals surface area contributed by atoms with Crippen LogP contribution in [0.3, 0.4) is 0 Å². The van der Waals surface area contributed by atoms with Crippen LogP contribution in [0, 0.1) is 6.92 Å². The van der Waals surface area contributed by atoms with E-state index in [4.69, 9.17) is 0 Å². The Labute approximate surface area is 147 Å². The molecule has 25 heavy (non-hydrogen) atoms. The number of aryl methyl sites for hydroxylation is 1. The number of hydrogen-bond acceptors (Lipinski definition) is 4. The molecule has 5 nitrogen and oxygen atoms in total. The maximum Gasteiger partial charge on any atom is 0.278 e. The molecule has 0 aliphatic carbocycles. The highest BCUT2D eigenvalue weighted by Crippen LogP contribution is 2.19. The van der Waals surface area contributed by atoms with Gasteiger partial charge in [-0.15, -0.1) is 0 Å². The van der Waals surface area contributed by atoms with Gasteiger partial charge in [0.15, 0.2) is 0 Å². The van der Waals surface area contributed by atoms with E-state index in [1.807, 2.05) is 68.4 Å². The van der Waals surface area contributed by atoms with Crippen LogP contribution in [-0.2, 0) is 0 Å². The van der Waals surface area contributed by atoms with Crippen molar-refractivity contribution in [3.8, 4) is 0 Å². The van der Waals surface area contributed by atoms with Gasteiger partial charge in [0.1, 0.15) is 11.5 Å². The molecule has 0 fully saturated rings. The van der Waals surface area contributed by atoms with Crippen molar-refractivity contribution < 1.29 is 4.79 Å². The lowest BCUT2D eigenvalue weighted by Crippen LogP contribution is -2.31. The fourth-order valence-corrected chi connectivity index (χ4v) is 2.54. The largest absolute Gasteiger partial charge is 0.339 e. The van der Waals surface area contributed by atoms with Crippen LogP contribution in [0.25, 0.3) is 0 Å². The van der Waals surface area contributed by atoms with Crippen LogP contribution in [0.4, 0.5) is 17.2 Å². The Hall–Kier alpha value is -3.21. The number of anilines is 3. The number of carbonyl (C=O) groups excluding carboxylic acids is 1. The zero-order valence-electron chi connectivity index (χ0n) is 14.3. The predicted octanol–water partition coefficient (Wildman–Crippen LogP) is 4.20. The summed E-state index contributed by atoms with van der Waals surface area (Å²) in [5.41, 5.74) is 3.25. The molecule has 1 amide bonds. The minimum Gasteiger partial charge on any atom is -0.339 e. The van der Waals surface area contributed by atoms with Crippen molar-refractivity contribution in [1.29, 1.82) is 0 Å². The number of carbonyl (C=O) groups is 1. The third-order valence-corrected chi connectivity index (χ3v) is 3.91. The first kappa shape index (κ1) is 16.6. The van der Waals surface area contributed by atoms with Gasteiger partial charge in [-0.05, 0) is 37.6 Å². The van der Waals surface area contributed by atoms with Gasteiger partial charge in [-0.25, -0.2) is 9.97 Å². The Morgan fingerprint density at radius 3 is 2.36 bits per heavy atom. The fraction of sp³-hybridized carbons (Fsp3) is 0.150. The lowest BCUT2D eigenvalue weighted by atomic mass is 10.2. The Balaban J connectivity index is 1.77. The van der Waals surface area contributed by atoms with E-state index in [0.717, 1.165) is 16.9 Å². The molecule has 0 saturated heterocycles. The summed E-state index contributed by atoms with van der Waals surface area (Å²) >= 11 is 0. The molecule has 0 atom stereocenters. The average molecular weight is 332 g/mol. The molecule has 1 N–H and O–H groups in total. The summed E-state index contributed by atoms with van der Waals surface area (Å²) in [6.45, 7) is 4.52. The molecule has 126 valence electrons. The van der Waals surface area contributed by atoms with Crippen molar-refractivity contribution in [2.24, 2.45) is 0 Å². The number of benzene rings is 2. The molecule has 0 aliphatic heterocycles. The molecule has 0 unspecified atom stereocenters. The summed E-state index contributed by atoms with van der Waals surface area (Å²) in [6, 6.07) is 17.5. The maximum absolute atomic E-state index is 12.7. The van der Waals surface area contributed by atoms with Crippen molar-refractivity contribution in [3.05, 3.63) is 78.2 Å². The second-order valence-corrected chi connectivity index (χ2v) is 5.61. The zero-order valence-corrected chi connectivity index (χ0v) is 14.3. The molecule has 0 bridgehead atoms. The summed E-state index contributed by atoms with van der Waals surface area (Å²) in [6.07, 6.45) is 3.09. The molecule has 0 spiro atoms. The summed E-state index contributed by atoms with van der Waals surface area (Å²) in [4.78, 5) is 23.0. The molecule has 0 saturated carbocycles. The van der Waals surface area contributed by atoms with E-state index in [0.29, 0.717) is 18.1 Å². The van der Waals surface area contributed by atoms with E-state index >= 15 is 0 Å². The Bertz CT molecular complexity index is 847. The Morgan fingerprint density at radius 1 is 1.00 bits per heavy atom. The van der Waals surface area contributed by atoms with Gasteiger partial charge in [0.2, 0.25) is 0 Å². The molecule has 1 heterocycles. The minimum absolute atomic E-state index is 0.163. The van der Waals surface area contributed by atoms with E-state index in [9.17, 15) is 4.79 Å². The van der Waals surface area contributed by atoms with Crippen LogP contribution in [0.15, 0.2) is 67.0 Å². The molecular formula is C20H20N4O. The third kappa shape index (κ3) is 3.83. The second-order valence-electron chi connectivity index (χ2n) is 5.61. The Morgan fingerprint density at radius 2 is 1.72 bits per heavy atom. The molecule has 0 aliphatic rings. The first-order valence-electron chi connectivity index (χ1n) is 8.20. The number of hydrogen-bond donors (Lipinski definition) is 1. The van der Waals surface area contributed by atoms with E-state index in [1.165, 1.54) is 6.20 Å². The number of nitrogens with one attached hydrogen (secondary N) is 1. The highest BCUT2D eigenvalue weighted by atomic mass is 16.2. The van der Waals surface area contributed by atoms with Gasteiger partial charge in [-0.3, -0.25) is 4.79 Å². The quantitative estimate of drug-likeness (QED) is 0.761. The van der Waals surface area contributed by atoms with Crippen molar-refractivity contribution >= 4 is 23.1 Å². The van der Waals surface area contributed by atoms with E-state index in [-0.39, 0.29) is 5.91 Å². The van der Waals surface area contributed by atoms with Gasteiger partial charge in [0.25, 0.3) is 5.91 Å². The number of para-hydroxylation sites is 2. The van der Waals surface area contributed by atoms with Crippen LogP contribution in [0.5, 0.6) is 0 Å². The summed E-state index contributed by atoms with van der Waals surface area (Å²) in [7, 11) is 0. The number of nitrogens with zero attached hydrogens (tertiary/aromatic N) is 3. The molecule has 3 rings (SSSR count). The minimum atomic E-state index is -0.163. The zero-order chi connectivity index (χ0) is 17.6. The van der Waals surface area contributed by atoms with Gasteiger partial charge in [0, 0.05) is 17.9 Å². The monoisotopic (exact) mass is 332 g/mol. The highest BCUT2D eigenvalue weighted by molar-refractivity contribution is 6.04. The van der Waals surface area contributed by atoms with Gasteiger partial charge in [-0.2, -0.15) is 0 Å². The molecule has 1 aromatic heterocycles. The van der Waals surface area contributed by atoms with Gasteiger partial charge >= 0.3 is 0 Å². The van der Waals surface area contributed by atoms with Crippen LogP contribution in [0.2, 0.25) is 0 Å². The van der Waals surface area contributed by atoms with Crippen molar-refractivity contribution in [1.82, 2.24) is 9.97 Å². The topological polar surface area (TPSA) is 58.1 Å². The SMILES string of the molecule is CCN(C(=O)c1cnc(Nc2ccccc2C)cn1)c1ccccc1. The standard InChI is InChI=1S/C20H20N4O/c1-3-24(16-10-5-4-6-11-16)20(25)18-13-22-19(14-21-18)23-17-12-8-7-9-15(17)2/h4-14H,3H2,1-2H3,(H,22,23). The first-order valence-corrected chi connectivity index (χ1v) is 8.20. The lowest BCUT2D eigenvalue weighted by Gasteiger charge is -2.20. The summed E-state index contributed by atoms with van der Waals surface area (Å²) in [5, 5.41) is 3.21. The van der Waals surface area contributed by atoms with Crippen LogP contribution in [-0.4, -0.2) is 22.4 Å².